The molecular weight excluding hydrogens is 272 g/mol. The summed E-state index contributed by atoms with van der Waals surface area (Å²) in [4.78, 5) is 20.1. The SMILES string of the molecule is O=C(Nc1nnn[nH]1)c1cncc(Nc2ccccc2)n1. The molecule has 104 valence electrons. The summed E-state index contributed by atoms with van der Waals surface area (Å²) in [6.45, 7) is 0. The molecule has 0 atom stereocenters. The van der Waals surface area contributed by atoms with Crippen molar-refractivity contribution in [1.29, 1.82) is 0 Å². The number of H-pyrrole nitrogens is 1. The Labute approximate surface area is 118 Å². The van der Waals surface area contributed by atoms with Crippen LogP contribution in [0, 0.1) is 0 Å². The van der Waals surface area contributed by atoms with Gasteiger partial charge >= 0.3 is 0 Å². The maximum absolute atomic E-state index is 12.0. The van der Waals surface area contributed by atoms with E-state index in [1.165, 1.54) is 12.4 Å². The molecule has 0 saturated heterocycles. The van der Waals surface area contributed by atoms with E-state index < -0.39 is 5.91 Å². The Morgan fingerprint density at radius 1 is 1.14 bits per heavy atom. The highest BCUT2D eigenvalue weighted by molar-refractivity contribution is 6.01. The van der Waals surface area contributed by atoms with Crippen LogP contribution in [0.1, 0.15) is 10.5 Å². The third-order valence-electron chi connectivity index (χ3n) is 2.49. The number of para-hydroxylation sites is 1. The van der Waals surface area contributed by atoms with Crippen molar-refractivity contribution < 1.29 is 4.79 Å². The number of carbonyl (C=O) groups is 1. The van der Waals surface area contributed by atoms with Crippen LogP contribution in [0.3, 0.4) is 0 Å². The zero-order chi connectivity index (χ0) is 14.5. The van der Waals surface area contributed by atoms with Crippen molar-refractivity contribution in [3.8, 4) is 0 Å². The first-order chi connectivity index (χ1) is 10.3. The Hall–Kier alpha value is -3.36. The van der Waals surface area contributed by atoms with Crippen LogP contribution in [0.5, 0.6) is 0 Å². The van der Waals surface area contributed by atoms with Crippen LogP contribution < -0.4 is 10.6 Å². The van der Waals surface area contributed by atoms with E-state index in [9.17, 15) is 4.79 Å². The Kier molecular flexibility index (Phi) is 3.46. The van der Waals surface area contributed by atoms with Gasteiger partial charge in [-0.25, -0.2) is 10.1 Å². The number of tetrazole rings is 1. The highest BCUT2D eigenvalue weighted by atomic mass is 16.2. The van der Waals surface area contributed by atoms with E-state index in [0.29, 0.717) is 5.82 Å². The largest absolute Gasteiger partial charge is 0.339 e. The lowest BCUT2D eigenvalue weighted by Gasteiger charge is -2.06. The summed E-state index contributed by atoms with van der Waals surface area (Å²) < 4.78 is 0. The van der Waals surface area contributed by atoms with Crippen LogP contribution in [0.4, 0.5) is 17.5 Å². The molecule has 9 heteroatoms. The van der Waals surface area contributed by atoms with Gasteiger partial charge in [-0.1, -0.05) is 23.3 Å². The molecule has 0 unspecified atom stereocenters. The maximum atomic E-state index is 12.0. The molecule has 0 aliphatic heterocycles. The van der Waals surface area contributed by atoms with Gasteiger partial charge in [0.15, 0.2) is 0 Å². The fraction of sp³-hybridized carbons (Fsp3) is 0. The number of nitrogens with one attached hydrogen (secondary N) is 3. The first-order valence-electron chi connectivity index (χ1n) is 6.00. The first-order valence-corrected chi connectivity index (χ1v) is 6.00. The van der Waals surface area contributed by atoms with Gasteiger partial charge in [0.05, 0.1) is 12.4 Å². The lowest BCUT2D eigenvalue weighted by atomic mass is 10.3. The molecule has 3 N–H and O–H groups in total. The number of aromatic nitrogens is 6. The number of benzene rings is 1. The Bertz CT molecular complexity index is 728. The summed E-state index contributed by atoms with van der Waals surface area (Å²) in [7, 11) is 0. The molecular formula is C12H10N8O. The van der Waals surface area contributed by atoms with Crippen LogP contribution in [0.25, 0.3) is 0 Å². The minimum Gasteiger partial charge on any atom is -0.339 e. The minimum atomic E-state index is -0.460. The van der Waals surface area contributed by atoms with Gasteiger partial charge in [0.25, 0.3) is 5.91 Å². The molecule has 0 fully saturated rings. The monoisotopic (exact) mass is 282 g/mol. The Balaban J connectivity index is 1.75. The Morgan fingerprint density at radius 2 is 2.00 bits per heavy atom. The van der Waals surface area contributed by atoms with Gasteiger partial charge in [-0.3, -0.25) is 15.1 Å². The van der Waals surface area contributed by atoms with Gasteiger partial charge in [-0.2, -0.15) is 0 Å². The lowest BCUT2D eigenvalue weighted by molar-refractivity contribution is 0.102. The van der Waals surface area contributed by atoms with Crippen LogP contribution >= 0.6 is 0 Å². The van der Waals surface area contributed by atoms with Crippen molar-refractivity contribution in [1.82, 2.24) is 30.6 Å². The van der Waals surface area contributed by atoms with E-state index in [1.807, 2.05) is 30.3 Å². The fourth-order valence-electron chi connectivity index (χ4n) is 1.59. The molecule has 1 amide bonds. The average molecular weight is 282 g/mol. The van der Waals surface area contributed by atoms with E-state index in [2.05, 4.69) is 41.2 Å². The highest BCUT2D eigenvalue weighted by Gasteiger charge is 2.11. The average Bonchev–Trinajstić information content (AvgIpc) is 3.01. The van der Waals surface area contributed by atoms with Crippen LogP contribution in [0.15, 0.2) is 42.7 Å². The molecule has 1 aromatic carbocycles. The van der Waals surface area contributed by atoms with Crippen molar-refractivity contribution in [2.75, 3.05) is 10.6 Å². The standard InChI is InChI=1S/C12H10N8O/c21-11(16-12-17-19-20-18-12)9-6-13-7-10(15-9)14-8-4-2-1-3-5-8/h1-7H,(H,14,15)(H2,16,17,18,19,20,21). The number of nitrogens with zero attached hydrogens (tertiary/aromatic N) is 5. The number of carbonyl (C=O) groups excluding carboxylic acids is 1. The molecule has 0 bridgehead atoms. The predicted octanol–water partition coefficient (Wildman–Crippen LogP) is 0.986. The maximum Gasteiger partial charge on any atom is 0.278 e. The smallest absolute Gasteiger partial charge is 0.278 e. The second-order valence-corrected chi connectivity index (χ2v) is 3.98. The van der Waals surface area contributed by atoms with E-state index >= 15 is 0 Å². The molecule has 9 nitrogen and oxygen atoms in total. The molecule has 21 heavy (non-hydrogen) atoms. The van der Waals surface area contributed by atoms with Crippen LogP contribution in [-0.4, -0.2) is 36.5 Å². The number of hydrogen-bond acceptors (Lipinski definition) is 7. The van der Waals surface area contributed by atoms with Crippen molar-refractivity contribution in [3.05, 3.63) is 48.4 Å². The van der Waals surface area contributed by atoms with Gasteiger partial charge in [0.2, 0.25) is 5.95 Å². The van der Waals surface area contributed by atoms with Gasteiger partial charge in [0, 0.05) is 5.69 Å². The second-order valence-electron chi connectivity index (χ2n) is 3.98. The zero-order valence-electron chi connectivity index (χ0n) is 10.7. The summed E-state index contributed by atoms with van der Waals surface area (Å²) in [6.07, 6.45) is 2.88. The quantitative estimate of drug-likeness (QED) is 0.652. The summed E-state index contributed by atoms with van der Waals surface area (Å²) in [5.41, 5.74) is 0.996. The first kappa shape index (κ1) is 12.7. The molecule has 0 aliphatic rings. The summed E-state index contributed by atoms with van der Waals surface area (Å²) in [5.74, 6) is 0.144. The third-order valence-corrected chi connectivity index (χ3v) is 2.49. The molecule has 2 heterocycles. The number of hydrogen-bond donors (Lipinski definition) is 3. The molecule has 2 aromatic heterocycles. The number of amides is 1. The van der Waals surface area contributed by atoms with E-state index in [0.717, 1.165) is 5.69 Å². The van der Waals surface area contributed by atoms with Gasteiger partial charge in [-0.05, 0) is 22.6 Å². The van der Waals surface area contributed by atoms with Crippen molar-refractivity contribution in [3.63, 3.8) is 0 Å². The molecule has 0 saturated carbocycles. The molecule has 3 aromatic rings. The van der Waals surface area contributed by atoms with Gasteiger partial charge in [0.1, 0.15) is 11.5 Å². The second kappa shape index (κ2) is 5.74. The lowest BCUT2D eigenvalue weighted by Crippen LogP contribution is -2.15. The van der Waals surface area contributed by atoms with Crippen molar-refractivity contribution in [2.24, 2.45) is 0 Å². The van der Waals surface area contributed by atoms with Gasteiger partial charge in [-0.15, -0.1) is 0 Å². The number of aromatic amines is 1. The van der Waals surface area contributed by atoms with Crippen LogP contribution in [-0.2, 0) is 0 Å². The fourth-order valence-corrected chi connectivity index (χ4v) is 1.59. The molecule has 3 rings (SSSR count). The van der Waals surface area contributed by atoms with Gasteiger partial charge < -0.3 is 5.32 Å². The Morgan fingerprint density at radius 3 is 2.76 bits per heavy atom. The molecule has 0 radical (unpaired) electrons. The zero-order valence-corrected chi connectivity index (χ0v) is 10.7. The topological polar surface area (TPSA) is 121 Å². The number of anilines is 3. The van der Waals surface area contributed by atoms with E-state index in [4.69, 9.17) is 0 Å². The summed E-state index contributed by atoms with van der Waals surface area (Å²) in [5, 5.41) is 18.2. The summed E-state index contributed by atoms with van der Waals surface area (Å²) >= 11 is 0. The predicted molar refractivity (Wildman–Crippen MR) is 73.9 cm³/mol. The van der Waals surface area contributed by atoms with Crippen molar-refractivity contribution in [2.45, 2.75) is 0 Å². The molecule has 0 aliphatic carbocycles. The molecule has 0 spiro atoms. The van der Waals surface area contributed by atoms with Crippen molar-refractivity contribution >= 4 is 23.4 Å². The third kappa shape index (κ3) is 3.15. The number of rotatable bonds is 4. The minimum absolute atomic E-state index is 0.142. The highest BCUT2D eigenvalue weighted by Crippen LogP contribution is 2.13. The van der Waals surface area contributed by atoms with E-state index in [1.54, 1.807) is 0 Å². The van der Waals surface area contributed by atoms with Crippen LogP contribution in [0.2, 0.25) is 0 Å². The van der Waals surface area contributed by atoms with E-state index in [-0.39, 0.29) is 11.6 Å². The summed E-state index contributed by atoms with van der Waals surface area (Å²) in [6, 6.07) is 9.46. The normalized spacial score (nSPS) is 10.1.